The fraction of sp³-hybridized carbons (Fsp3) is 0.833. The number of hydrogen-bond donors (Lipinski definition) is 2. The Bertz CT molecular complexity index is 116. The Labute approximate surface area is 59.7 Å². The van der Waals surface area contributed by atoms with E-state index in [1.807, 2.05) is 0 Å². The predicted molar refractivity (Wildman–Crippen MR) is 32.5 cm³/mol. The second-order valence-electron chi connectivity index (χ2n) is 2.40. The van der Waals surface area contributed by atoms with Gasteiger partial charge in [0.2, 0.25) is 0 Å². The molecular formula is C6H13NO3. The molecule has 0 aromatic carbocycles. The number of rotatable bonds is 4. The van der Waals surface area contributed by atoms with Crippen LogP contribution in [0.25, 0.3) is 0 Å². The zero-order valence-corrected chi connectivity index (χ0v) is 6.04. The van der Waals surface area contributed by atoms with E-state index < -0.39 is 18.0 Å². The zero-order chi connectivity index (χ0) is 8.15. The predicted octanol–water partition coefficient (Wildman–Crippen LogP) is -2.63. The minimum absolute atomic E-state index is 0.228. The van der Waals surface area contributed by atoms with Crippen molar-refractivity contribution in [2.75, 3.05) is 6.54 Å². The monoisotopic (exact) mass is 147 g/mol. The first-order valence-electron chi connectivity index (χ1n) is 3.26. The van der Waals surface area contributed by atoms with Gasteiger partial charge >= 0.3 is 0 Å². The average molecular weight is 147 g/mol. The van der Waals surface area contributed by atoms with Crippen LogP contribution in [0.3, 0.4) is 0 Å². The number of hydrogen-bond acceptors (Lipinski definition) is 3. The van der Waals surface area contributed by atoms with E-state index in [2.05, 4.69) is 5.73 Å². The number of aliphatic hydroxyl groups is 1. The molecule has 4 heteroatoms. The maximum absolute atomic E-state index is 10.1. The van der Waals surface area contributed by atoms with Gasteiger partial charge in [-0.15, -0.1) is 0 Å². The van der Waals surface area contributed by atoms with Crippen molar-refractivity contribution in [3.8, 4) is 0 Å². The molecule has 0 saturated heterocycles. The van der Waals surface area contributed by atoms with Crippen LogP contribution in [0.15, 0.2) is 0 Å². The summed E-state index contributed by atoms with van der Waals surface area (Å²) < 4.78 is 0. The first-order chi connectivity index (χ1) is 4.57. The molecule has 10 heavy (non-hydrogen) atoms. The number of carboxylic acid groups (broad SMARTS) is 1. The number of carboxylic acids is 1. The van der Waals surface area contributed by atoms with Gasteiger partial charge in [-0.1, -0.05) is 6.92 Å². The normalized spacial score (nSPS) is 16.3. The highest BCUT2D eigenvalue weighted by Crippen LogP contribution is 2.02. The Hall–Kier alpha value is -0.610. The highest BCUT2D eigenvalue weighted by Gasteiger charge is 2.10. The fourth-order valence-electron chi connectivity index (χ4n) is 0.622. The lowest BCUT2D eigenvalue weighted by atomic mass is 10.0. The van der Waals surface area contributed by atoms with Gasteiger partial charge in [-0.25, -0.2) is 0 Å². The van der Waals surface area contributed by atoms with E-state index in [9.17, 15) is 9.90 Å². The summed E-state index contributed by atoms with van der Waals surface area (Å²) in [5, 5.41) is 19.0. The molecule has 0 unspecified atom stereocenters. The van der Waals surface area contributed by atoms with Crippen LogP contribution < -0.4 is 10.8 Å². The van der Waals surface area contributed by atoms with Gasteiger partial charge in [0.1, 0.15) is 12.6 Å². The number of carbonyl (C=O) groups excluding carboxylic acids is 1. The molecule has 0 aliphatic heterocycles. The number of aliphatic carboxylic acids is 1. The van der Waals surface area contributed by atoms with Crippen molar-refractivity contribution in [2.45, 2.75) is 19.4 Å². The molecule has 0 fully saturated rings. The quantitative estimate of drug-likeness (QED) is 0.456. The average Bonchev–Trinajstić information content (AvgIpc) is 1.87. The molecule has 0 radical (unpaired) electrons. The second kappa shape index (κ2) is 4.24. The minimum atomic E-state index is -1.12. The Kier molecular flexibility index (Phi) is 3.99. The van der Waals surface area contributed by atoms with Gasteiger partial charge in [-0.2, -0.15) is 0 Å². The molecule has 0 aliphatic carbocycles. The zero-order valence-electron chi connectivity index (χ0n) is 6.04. The van der Waals surface area contributed by atoms with Crippen molar-refractivity contribution >= 4 is 5.97 Å². The largest absolute Gasteiger partial charge is 0.550 e. The molecule has 0 aromatic heterocycles. The van der Waals surface area contributed by atoms with Crippen molar-refractivity contribution in [3.05, 3.63) is 0 Å². The minimum Gasteiger partial charge on any atom is -0.550 e. The second-order valence-corrected chi connectivity index (χ2v) is 2.40. The van der Waals surface area contributed by atoms with Crippen LogP contribution in [0, 0.1) is 5.92 Å². The molecule has 2 atom stereocenters. The van der Waals surface area contributed by atoms with Gasteiger partial charge in [0, 0.05) is 5.97 Å². The maximum Gasteiger partial charge on any atom is 0.103 e. The van der Waals surface area contributed by atoms with E-state index in [4.69, 9.17) is 5.11 Å². The fourth-order valence-corrected chi connectivity index (χ4v) is 0.622. The lowest BCUT2D eigenvalue weighted by molar-refractivity contribution is -0.384. The van der Waals surface area contributed by atoms with Gasteiger partial charge < -0.3 is 20.7 Å². The van der Waals surface area contributed by atoms with Crippen LogP contribution in [0.1, 0.15) is 13.3 Å². The van der Waals surface area contributed by atoms with E-state index in [0.717, 1.165) is 0 Å². The molecule has 0 bridgehead atoms. The molecule has 0 aliphatic rings. The summed E-state index contributed by atoms with van der Waals surface area (Å²) in [6, 6.07) is 0. The summed E-state index contributed by atoms with van der Waals surface area (Å²) >= 11 is 0. The highest BCUT2D eigenvalue weighted by atomic mass is 16.4. The van der Waals surface area contributed by atoms with E-state index in [0.29, 0.717) is 6.54 Å². The third-order valence-corrected chi connectivity index (χ3v) is 1.36. The summed E-state index contributed by atoms with van der Waals surface area (Å²) in [4.78, 5) is 10.1. The standard InChI is InChI=1S/C6H13NO3/c1-4(6(9)10)2-5(8)3-7/h4-5,8H,2-3,7H2,1H3,(H,9,10)/t4-,5+/m1/s1. The lowest BCUT2D eigenvalue weighted by Crippen LogP contribution is -2.56. The SMILES string of the molecule is C[C@H](C[C@H](O)C[NH3+])C(=O)[O-]. The van der Waals surface area contributed by atoms with E-state index in [-0.39, 0.29) is 6.42 Å². The molecule has 0 spiro atoms. The first-order valence-corrected chi connectivity index (χ1v) is 3.26. The van der Waals surface area contributed by atoms with Crippen molar-refractivity contribution < 1.29 is 20.7 Å². The molecule has 60 valence electrons. The van der Waals surface area contributed by atoms with Crippen LogP contribution in [0.5, 0.6) is 0 Å². The summed E-state index contributed by atoms with van der Waals surface area (Å²) in [6.07, 6.45) is -0.390. The molecule has 0 heterocycles. The highest BCUT2D eigenvalue weighted by molar-refractivity contribution is 5.67. The van der Waals surface area contributed by atoms with Crippen LogP contribution in [0.2, 0.25) is 0 Å². The van der Waals surface area contributed by atoms with Gasteiger partial charge in [-0.05, 0) is 12.3 Å². The Morgan fingerprint density at radius 1 is 1.80 bits per heavy atom. The molecular weight excluding hydrogens is 134 g/mol. The van der Waals surface area contributed by atoms with Gasteiger partial charge in [0.15, 0.2) is 0 Å². The van der Waals surface area contributed by atoms with E-state index >= 15 is 0 Å². The summed E-state index contributed by atoms with van der Waals surface area (Å²) in [6.45, 7) is 1.85. The Morgan fingerprint density at radius 3 is 2.60 bits per heavy atom. The van der Waals surface area contributed by atoms with Crippen molar-refractivity contribution in [2.24, 2.45) is 5.92 Å². The molecule has 0 aromatic rings. The summed E-state index contributed by atoms with van der Waals surface area (Å²) in [7, 11) is 0. The smallest absolute Gasteiger partial charge is 0.103 e. The van der Waals surface area contributed by atoms with Crippen molar-refractivity contribution in [3.63, 3.8) is 0 Å². The van der Waals surface area contributed by atoms with Crippen molar-refractivity contribution in [1.82, 2.24) is 0 Å². The molecule has 4 N–H and O–H groups in total. The maximum atomic E-state index is 10.1. The van der Waals surface area contributed by atoms with E-state index in [1.54, 1.807) is 0 Å². The number of aliphatic hydroxyl groups excluding tert-OH is 1. The first kappa shape index (κ1) is 9.39. The molecule has 0 amide bonds. The summed E-state index contributed by atoms with van der Waals surface area (Å²) in [5.41, 5.74) is 3.43. The lowest BCUT2D eigenvalue weighted by Gasteiger charge is -2.13. The number of carbonyl (C=O) groups is 1. The van der Waals surface area contributed by atoms with Gasteiger partial charge in [-0.3, -0.25) is 0 Å². The Morgan fingerprint density at radius 2 is 2.30 bits per heavy atom. The van der Waals surface area contributed by atoms with Crippen LogP contribution >= 0.6 is 0 Å². The summed E-state index contributed by atoms with van der Waals surface area (Å²) in [5.74, 6) is -1.70. The topological polar surface area (TPSA) is 88.0 Å². The number of quaternary nitrogens is 1. The Balaban J connectivity index is 3.56. The van der Waals surface area contributed by atoms with Crippen molar-refractivity contribution in [1.29, 1.82) is 0 Å². The molecule has 0 saturated carbocycles. The van der Waals surface area contributed by atoms with Gasteiger partial charge in [0.05, 0.1) is 0 Å². The molecule has 0 rings (SSSR count). The third kappa shape index (κ3) is 3.42. The van der Waals surface area contributed by atoms with Crippen LogP contribution in [0.4, 0.5) is 0 Å². The van der Waals surface area contributed by atoms with Gasteiger partial charge in [0.25, 0.3) is 0 Å². The molecule has 4 nitrogen and oxygen atoms in total. The third-order valence-electron chi connectivity index (χ3n) is 1.36. The van der Waals surface area contributed by atoms with Crippen LogP contribution in [-0.2, 0) is 4.79 Å². The van der Waals surface area contributed by atoms with Crippen LogP contribution in [-0.4, -0.2) is 23.7 Å². The van der Waals surface area contributed by atoms with E-state index in [1.165, 1.54) is 6.92 Å².